The highest BCUT2D eigenvalue weighted by Gasteiger charge is 2.27. The first-order chi connectivity index (χ1) is 13.1. The number of halogens is 1. The van der Waals surface area contributed by atoms with E-state index in [4.69, 9.17) is 16.0 Å². The SMILES string of the molecule is CC(NC(=O)N1CCC(c2nc3ccccc3o2)CC1)c1cccc(Cl)c1. The van der Waals surface area contributed by atoms with E-state index in [1.165, 1.54) is 0 Å². The summed E-state index contributed by atoms with van der Waals surface area (Å²) in [6.07, 6.45) is 1.71. The number of hydrogen-bond donors (Lipinski definition) is 1. The number of nitrogens with one attached hydrogen (secondary N) is 1. The lowest BCUT2D eigenvalue weighted by molar-refractivity contribution is 0.174. The minimum atomic E-state index is -0.0917. The average molecular weight is 384 g/mol. The lowest BCUT2D eigenvalue weighted by Crippen LogP contribution is -2.44. The number of carbonyl (C=O) groups excluding carboxylic acids is 1. The molecule has 27 heavy (non-hydrogen) atoms. The van der Waals surface area contributed by atoms with Gasteiger partial charge < -0.3 is 14.6 Å². The maximum Gasteiger partial charge on any atom is 0.317 e. The van der Waals surface area contributed by atoms with Gasteiger partial charge in [0.1, 0.15) is 5.52 Å². The summed E-state index contributed by atoms with van der Waals surface area (Å²) < 4.78 is 5.89. The van der Waals surface area contributed by atoms with E-state index in [-0.39, 0.29) is 18.0 Å². The van der Waals surface area contributed by atoms with Crippen LogP contribution in [0.2, 0.25) is 5.02 Å². The Morgan fingerprint density at radius 1 is 1.22 bits per heavy atom. The van der Waals surface area contributed by atoms with Gasteiger partial charge >= 0.3 is 6.03 Å². The molecule has 1 fully saturated rings. The van der Waals surface area contributed by atoms with Crippen LogP contribution in [0.4, 0.5) is 4.79 Å². The Morgan fingerprint density at radius 3 is 2.74 bits per heavy atom. The summed E-state index contributed by atoms with van der Waals surface area (Å²) in [7, 11) is 0. The summed E-state index contributed by atoms with van der Waals surface area (Å²) in [6.45, 7) is 3.35. The van der Waals surface area contributed by atoms with Crippen molar-refractivity contribution in [3.8, 4) is 0 Å². The van der Waals surface area contributed by atoms with Gasteiger partial charge in [0, 0.05) is 24.0 Å². The first kappa shape index (κ1) is 17.9. The number of oxazole rings is 1. The zero-order valence-electron chi connectivity index (χ0n) is 15.2. The third-order valence-electron chi connectivity index (χ3n) is 5.13. The van der Waals surface area contributed by atoms with E-state index in [2.05, 4.69) is 10.3 Å². The van der Waals surface area contributed by atoms with Crippen molar-refractivity contribution in [1.82, 2.24) is 15.2 Å². The van der Waals surface area contributed by atoms with Crippen LogP contribution >= 0.6 is 11.6 Å². The van der Waals surface area contributed by atoms with Gasteiger partial charge in [-0.25, -0.2) is 9.78 Å². The number of benzene rings is 2. The number of carbonyl (C=O) groups is 1. The largest absolute Gasteiger partial charge is 0.440 e. The number of fused-ring (bicyclic) bond motifs is 1. The van der Waals surface area contributed by atoms with E-state index in [0.29, 0.717) is 18.1 Å². The molecule has 1 aliphatic heterocycles. The highest BCUT2D eigenvalue weighted by atomic mass is 35.5. The van der Waals surface area contributed by atoms with Crippen LogP contribution in [0.25, 0.3) is 11.1 Å². The molecule has 0 spiro atoms. The van der Waals surface area contributed by atoms with E-state index >= 15 is 0 Å². The van der Waals surface area contributed by atoms with Crippen molar-refractivity contribution in [3.63, 3.8) is 0 Å². The van der Waals surface area contributed by atoms with Crippen LogP contribution in [0.5, 0.6) is 0 Å². The fourth-order valence-corrected chi connectivity index (χ4v) is 3.73. The number of para-hydroxylation sites is 2. The second-order valence-corrected chi connectivity index (χ2v) is 7.44. The first-order valence-electron chi connectivity index (χ1n) is 9.26. The van der Waals surface area contributed by atoms with Gasteiger partial charge in [-0.15, -0.1) is 0 Å². The molecule has 2 heterocycles. The lowest BCUT2D eigenvalue weighted by Gasteiger charge is -2.31. The Labute approximate surface area is 163 Å². The molecule has 4 rings (SSSR count). The van der Waals surface area contributed by atoms with E-state index < -0.39 is 0 Å². The van der Waals surface area contributed by atoms with Crippen molar-refractivity contribution in [1.29, 1.82) is 0 Å². The van der Waals surface area contributed by atoms with Crippen molar-refractivity contribution in [3.05, 3.63) is 65.0 Å². The van der Waals surface area contributed by atoms with Crippen LogP contribution in [0.15, 0.2) is 52.9 Å². The molecule has 1 unspecified atom stereocenters. The number of nitrogens with zero attached hydrogens (tertiary/aromatic N) is 2. The van der Waals surface area contributed by atoms with Crippen LogP contribution in [-0.4, -0.2) is 29.0 Å². The molecule has 0 aliphatic carbocycles. The van der Waals surface area contributed by atoms with Gasteiger partial charge in [-0.3, -0.25) is 0 Å². The molecule has 6 heteroatoms. The zero-order valence-corrected chi connectivity index (χ0v) is 15.9. The van der Waals surface area contributed by atoms with Gasteiger partial charge in [-0.2, -0.15) is 0 Å². The molecule has 1 saturated heterocycles. The van der Waals surface area contributed by atoms with Crippen LogP contribution in [-0.2, 0) is 0 Å². The van der Waals surface area contributed by atoms with E-state index in [1.807, 2.05) is 60.4 Å². The molecule has 0 radical (unpaired) electrons. The van der Waals surface area contributed by atoms with E-state index in [0.717, 1.165) is 35.4 Å². The predicted molar refractivity (Wildman–Crippen MR) is 106 cm³/mol. The summed E-state index contributed by atoms with van der Waals surface area (Å²) in [6, 6.07) is 15.2. The monoisotopic (exact) mass is 383 g/mol. The van der Waals surface area contributed by atoms with Gasteiger partial charge in [0.2, 0.25) is 0 Å². The molecule has 1 aromatic heterocycles. The normalized spacial score (nSPS) is 16.4. The summed E-state index contributed by atoms with van der Waals surface area (Å²) in [5.41, 5.74) is 2.71. The maximum absolute atomic E-state index is 12.6. The standard InChI is InChI=1S/C21H22ClN3O2/c1-14(16-5-4-6-17(22)13-16)23-21(26)25-11-9-15(10-12-25)20-24-18-7-2-3-8-19(18)27-20/h2-8,13-15H,9-12H2,1H3,(H,23,26). The summed E-state index contributed by atoms with van der Waals surface area (Å²) >= 11 is 6.04. The Balaban J connectivity index is 1.35. The molecule has 1 aliphatic rings. The van der Waals surface area contributed by atoms with Gasteiger partial charge in [-0.05, 0) is 49.6 Å². The highest BCUT2D eigenvalue weighted by molar-refractivity contribution is 6.30. The molecule has 0 bridgehead atoms. The predicted octanol–water partition coefficient (Wildman–Crippen LogP) is 5.13. The lowest BCUT2D eigenvalue weighted by atomic mass is 9.97. The van der Waals surface area contributed by atoms with E-state index in [9.17, 15) is 4.79 Å². The topological polar surface area (TPSA) is 58.4 Å². The first-order valence-corrected chi connectivity index (χ1v) is 9.64. The van der Waals surface area contributed by atoms with Gasteiger partial charge in [-0.1, -0.05) is 35.9 Å². The average Bonchev–Trinajstić information content (AvgIpc) is 3.12. The molecule has 0 saturated carbocycles. The third-order valence-corrected chi connectivity index (χ3v) is 5.37. The highest BCUT2D eigenvalue weighted by Crippen LogP contribution is 2.30. The number of aromatic nitrogens is 1. The van der Waals surface area contributed by atoms with Crippen LogP contribution in [0, 0.1) is 0 Å². The van der Waals surface area contributed by atoms with Crippen molar-refractivity contribution >= 4 is 28.7 Å². The zero-order chi connectivity index (χ0) is 18.8. The molecule has 3 aromatic rings. The minimum Gasteiger partial charge on any atom is -0.440 e. The quantitative estimate of drug-likeness (QED) is 0.681. The molecule has 2 aromatic carbocycles. The number of piperidine rings is 1. The molecule has 2 amide bonds. The number of hydrogen-bond acceptors (Lipinski definition) is 3. The number of rotatable bonds is 3. The Kier molecular flexibility index (Phi) is 5.03. The molecule has 5 nitrogen and oxygen atoms in total. The molecular formula is C21H22ClN3O2. The molecular weight excluding hydrogens is 362 g/mol. The van der Waals surface area contributed by atoms with Gasteiger partial charge in [0.15, 0.2) is 11.5 Å². The van der Waals surface area contributed by atoms with Crippen molar-refractivity contribution in [2.24, 2.45) is 0 Å². The smallest absolute Gasteiger partial charge is 0.317 e. The van der Waals surface area contributed by atoms with Gasteiger partial charge in [0.25, 0.3) is 0 Å². The van der Waals surface area contributed by atoms with E-state index in [1.54, 1.807) is 0 Å². The van der Waals surface area contributed by atoms with Crippen LogP contribution in [0.1, 0.15) is 43.2 Å². The maximum atomic E-state index is 12.6. The number of urea groups is 1. The summed E-state index contributed by atoms with van der Waals surface area (Å²) in [4.78, 5) is 19.1. The van der Waals surface area contributed by atoms with Crippen LogP contribution < -0.4 is 5.32 Å². The molecule has 1 atom stereocenters. The second kappa shape index (κ2) is 7.61. The minimum absolute atomic E-state index is 0.0431. The summed E-state index contributed by atoms with van der Waals surface area (Å²) in [5, 5.41) is 3.73. The molecule has 1 N–H and O–H groups in total. The number of likely N-dealkylation sites (tertiary alicyclic amines) is 1. The molecule has 140 valence electrons. The Morgan fingerprint density at radius 2 is 2.00 bits per heavy atom. The van der Waals surface area contributed by atoms with Crippen molar-refractivity contribution < 1.29 is 9.21 Å². The number of amides is 2. The second-order valence-electron chi connectivity index (χ2n) is 7.01. The van der Waals surface area contributed by atoms with Crippen LogP contribution in [0.3, 0.4) is 0 Å². The summed E-state index contributed by atoms with van der Waals surface area (Å²) in [5.74, 6) is 1.04. The Hall–Kier alpha value is -2.53. The van der Waals surface area contributed by atoms with Crippen molar-refractivity contribution in [2.75, 3.05) is 13.1 Å². The fourth-order valence-electron chi connectivity index (χ4n) is 3.53. The van der Waals surface area contributed by atoms with Crippen molar-refractivity contribution in [2.45, 2.75) is 31.7 Å². The third kappa shape index (κ3) is 3.93. The Bertz CT molecular complexity index is 914. The fraction of sp³-hybridized carbons (Fsp3) is 0.333. The van der Waals surface area contributed by atoms with Gasteiger partial charge in [0.05, 0.1) is 6.04 Å².